The summed E-state index contributed by atoms with van der Waals surface area (Å²) in [4.78, 5) is 23.6. The van der Waals surface area contributed by atoms with Crippen LogP contribution >= 0.6 is 11.6 Å². The second-order valence-electron chi connectivity index (χ2n) is 6.85. The van der Waals surface area contributed by atoms with Gasteiger partial charge in [0.05, 0.1) is 28.4 Å². The van der Waals surface area contributed by atoms with Crippen molar-refractivity contribution in [2.45, 2.75) is 26.4 Å². The van der Waals surface area contributed by atoms with E-state index in [1.807, 2.05) is 0 Å². The Hall–Kier alpha value is -3.33. The summed E-state index contributed by atoms with van der Waals surface area (Å²) >= 11 is 6.11. The maximum Gasteiger partial charge on any atom is 0.416 e. The van der Waals surface area contributed by atoms with Gasteiger partial charge in [0, 0.05) is 18.7 Å². The molecule has 0 saturated carbocycles. The fourth-order valence-corrected chi connectivity index (χ4v) is 3.10. The van der Waals surface area contributed by atoms with Crippen molar-refractivity contribution in [3.63, 3.8) is 0 Å². The fourth-order valence-electron chi connectivity index (χ4n) is 2.91. The van der Waals surface area contributed by atoms with Gasteiger partial charge in [0.2, 0.25) is 11.8 Å². The minimum Gasteiger partial charge on any atom is -0.326 e. The van der Waals surface area contributed by atoms with Crippen LogP contribution < -0.4 is 10.6 Å². The quantitative estimate of drug-likeness (QED) is 0.574. The normalized spacial score (nSPS) is 11.3. The number of hydrogen-bond donors (Lipinski definition) is 2. The summed E-state index contributed by atoms with van der Waals surface area (Å²) in [6.07, 6.45) is -4.53. The maximum atomic E-state index is 13.1. The minimum absolute atomic E-state index is 0.000415. The Morgan fingerprint density at radius 1 is 1.06 bits per heavy atom. The lowest BCUT2D eigenvalue weighted by atomic mass is 10.1. The number of hydrogen-bond acceptors (Lipinski definition) is 3. The molecule has 0 unspecified atom stereocenters. The van der Waals surface area contributed by atoms with Gasteiger partial charge in [0.15, 0.2) is 0 Å². The molecule has 2 amide bonds. The average molecular weight is 451 g/mol. The molecule has 0 aliphatic carbocycles. The van der Waals surface area contributed by atoms with E-state index in [0.717, 1.165) is 18.2 Å². The number of aryl methyl sites for hydroxylation is 1. The Labute approximate surface area is 181 Å². The third kappa shape index (κ3) is 5.64. The van der Waals surface area contributed by atoms with Crippen LogP contribution in [0.2, 0.25) is 5.02 Å². The van der Waals surface area contributed by atoms with Crippen LogP contribution in [0.25, 0.3) is 5.69 Å². The number of nitrogens with zero attached hydrogens (tertiary/aromatic N) is 2. The molecule has 31 heavy (non-hydrogen) atoms. The predicted octanol–water partition coefficient (Wildman–Crippen LogP) is 4.99. The molecule has 162 valence electrons. The zero-order chi connectivity index (χ0) is 22.8. The summed E-state index contributed by atoms with van der Waals surface area (Å²) in [5, 5.41) is 9.52. The molecule has 0 bridgehead atoms. The third-order valence-corrected chi connectivity index (χ3v) is 4.56. The lowest BCUT2D eigenvalue weighted by Crippen LogP contribution is -2.17. The first kappa shape index (κ1) is 22.4. The second kappa shape index (κ2) is 8.81. The van der Waals surface area contributed by atoms with Crippen molar-refractivity contribution < 1.29 is 22.8 Å². The van der Waals surface area contributed by atoms with Crippen molar-refractivity contribution in [1.29, 1.82) is 0 Å². The predicted molar refractivity (Wildman–Crippen MR) is 111 cm³/mol. The molecule has 0 saturated heterocycles. The summed E-state index contributed by atoms with van der Waals surface area (Å²) in [5.41, 5.74) is 0.899. The van der Waals surface area contributed by atoms with E-state index in [9.17, 15) is 22.8 Å². The van der Waals surface area contributed by atoms with Gasteiger partial charge in [-0.2, -0.15) is 18.3 Å². The summed E-state index contributed by atoms with van der Waals surface area (Å²) in [6.45, 7) is 3.04. The Morgan fingerprint density at radius 3 is 2.35 bits per heavy atom. The van der Waals surface area contributed by atoms with Gasteiger partial charge in [0.1, 0.15) is 5.82 Å². The van der Waals surface area contributed by atoms with Crippen LogP contribution in [0, 0.1) is 6.92 Å². The first-order valence-electron chi connectivity index (χ1n) is 9.13. The van der Waals surface area contributed by atoms with E-state index in [1.165, 1.54) is 17.7 Å². The maximum absolute atomic E-state index is 13.1. The van der Waals surface area contributed by atoms with Crippen molar-refractivity contribution in [2.75, 3.05) is 10.6 Å². The summed E-state index contributed by atoms with van der Waals surface area (Å²) in [6, 6.07) is 11.2. The molecule has 0 radical (unpaired) electrons. The van der Waals surface area contributed by atoms with E-state index in [-0.39, 0.29) is 28.9 Å². The number of anilines is 2. The number of benzene rings is 2. The van der Waals surface area contributed by atoms with Gasteiger partial charge < -0.3 is 10.6 Å². The number of aromatic nitrogens is 2. The first-order chi connectivity index (χ1) is 14.5. The fraction of sp³-hybridized carbons (Fsp3) is 0.190. The van der Waals surface area contributed by atoms with E-state index < -0.39 is 17.6 Å². The van der Waals surface area contributed by atoms with Crippen molar-refractivity contribution in [1.82, 2.24) is 9.78 Å². The van der Waals surface area contributed by atoms with Crippen molar-refractivity contribution in [3.8, 4) is 5.69 Å². The smallest absolute Gasteiger partial charge is 0.326 e. The molecule has 1 heterocycles. The topological polar surface area (TPSA) is 76.0 Å². The number of carbonyl (C=O) groups is 2. The Kier molecular flexibility index (Phi) is 6.35. The molecule has 1 aromatic heterocycles. The van der Waals surface area contributed by atoms with Crippen LogP contribution in [-0.2, 0) is 22.2 Å². The van der Waals surface area contributed by atoms with Crippen LogP contribution in [0.5, 0.6) is 0 Å². The van der Waals surface area contributed by atoms with Crippen LogP contribution in [0.4, 0.5) is 24.7 Å². The molecule has 2 aromatic carbocycles. The monoisotopic (exact) mass is 450 g/mol. The number of halogens is 4. The SMILES string of the molecule is CC(=O)Nc1ccc(CC(=O)Nc2cc(C)nn2-c2cc(C(F)(F)F)ccc2Cl)cc1. The molecule has 0 fully saturated rings. The summed E-state index contributed by atoms with van der Waals surface area (Å²) in [5.74, 6) is -0.405. The number of nitrogens with one attached hydrogen (secondary N) is 2. The molecule has 0 aliphatic rings. The van der Waals surface area contributed by atoms with Crippen LogP contribution in [0.3, 0.4) is 0 Å². The molecule has 2 N–H and O–H groups in total. The number of alkyl halides is 3. The standard InChI is InChI=1S/C21H18ClF3N4O2/c1-12-9-19(27-20(31)10-14-3-6-16(7-4-14)26-13(2)30)29(28-12)18-11-15(21(23,24)25)5-8-17(18)22/h3-9,11H,10H2,1-2H3,(H,26,30)(H,27,31). The number of rotatable bonds is 5. The molecular formula is C21H18ClF3N4O2. The van der Waals surface area contributed by atoms with Gasteiger partial charge in [-0.05, 0) is 42.8 Å². The largest absolute Gasteiger partial charge is 0.416 e. The molecule has 10 heteroatoms. The average Bonchev–Trinajstić information content (AvgIpc) is 3.02. The minimum atomic E-state index is -4.55. The Bertz CT molecular complexity index is 1120. The van der Waals surface area contributed by atoms with Crippen molar-refractivity contribution >= 4 is 34.9 Å². The molecule has 0 atom stereocenters. The van der Waals surface area contributed by atoms with Crippen LogP contribution in [0.1, 0.15) is 23.7 Å². The highest BCUT2D eigenvalue weighted by molar-refractivity contribution is 6.32. The van der Waals surface area contributed by atoms with Gasteiger partial charge in [-0.15, -0.1) is 0 Å². The molecule has 0 spiro atoms. The summed E-state index contributed by atoms with van der Waals surface area (Å²) < 4.78 is 40.5. The van der Waals surface area contributed by atoms with E-state index in [2.05, 4.69) is 15.7 Å². The van der Waals surface area contributed by atoms with E-state index in [4.69, 9.17) is 11.6 Å². The van der Waals surface area contributed by atoms with E-state index in [1.54, 1.807) is 31.2 Å². The van der Waals surface area contributed by atoms with E-state index in [0.29, 0.717) is 16.9 Å². The molecule has 3 rings (SSSR count). The van der Waals surface area contributed by atoms with Crippen LogP contribution in [0.15, 0.2) is 48.5 Å². The highest BCUT2D eigenvalue weighted by Crippen LogP contribution is 2.34. The lowest BCUT2D eigenvalue weighted by molar-refractivity contribution is -0.137. The third-order valence-electron chi connectivity index (χ3n) is 4.24. The first-order valence-corrected chi connectivity index (χ1v) is 9.51. The zero-order valence-electron chi connectivity index (χ0n) is 16.5. The van der Waals surface area contributed by atoms with Crippen molar-refractivity contribution in [3.05, 3.63) is 70.4 Å². The Balaban J connectivity index is 1.81. The molecule has 3 aromatic rings. The van der Waals surface area contributed by atoms with Crippen molar-refractivity contribution in [2.24, 2.45) is 0 Å². The van der Waals surface area contributed by atoms with Gasteiger partial charge in [-0.1, -0.05) is 23.7 Å². The van der Waals surface area contributed by atoms with Gasteiger partial charge in [-0.3, -0.25) is 9.59 Å². The highest BCUT2D eigenvalue weighted by Gasteiger charge is 2.31. The van der Waals surface area contributed by atoms with E-state index >= 15 is 0 Å². The van der Waals surface area contributed by atoms with Gasteiger partial charge >= 0.3 is 6.18 Å². The molecular weight excluding hydrogens is 433 g/mol. The Morgan fingerprint density at radius 2 is 1.74 bits per heavy atom. The van der Waals surface area contributed by atoms with Crippen LogP contribution in [-0.4, -0.2) is 21.6 Å². The zero-order valence-corrected chi connectivity index (χ0v) is 17.3. The molecule has 0 aliphatic heterocycles. The number of carbonyl (C=O) groups excluding carboxylic acids is 2. The summed E-state index contributed by atoms with van der Waals surface area (Å²) in [7, 11) is 0. The number of amides is 2. The van der Waals surface area contributed by atoms with Gasteiger partial charge in [0.25, 0.3) is 0 Å². The second-order valence-corrected chi connectivity index (χ2v) is 7.26. The molecule has 6 nitrogen and oxygen atoms in total. The van der Waals surface area contributed by atoms with Gasteiger partial charge in [-0.25, -0.2) is 4.68 Å². The highest BCUT2D eigenvalue weighted by atomic mass is 35.5. The lowest BCUT2D eigenvalue weighted by Gasteiger charge is -2.13.